The Balaban J connectivity index is 2.44. The molecule has 2 rings (SSSR count). The predicted octanol–water partition coefficient (Wildman–Crippen LogP) is 1.12. The van der Waals surface area contributed by atoms with Crippen molar-refractivity contribution in [3.63, 3.8) is 0 Å². The number of benzene rings is 1. The van der Waals surface area contributed by atoms with Crippen molar-refractivity contribution < 1.29 is 17.9 Å². The van der Waals surface area contributed by atoms with Crippen molar-refractivity contribution in [2.75, 3.05) is 27.3 Å². The van der Waals surface area contributed by atoms with Crippen LogP contribution in [-0.2, 0) is 10.0 Å². The molecule has 6 nitrogen and oxygen atoms in total. The second kappa shape index (κ2) is 6.21. The zero-order valence-corrected chi connectivity index (χ0v) is 13.4. The van der Waals surface area contributed by atoms with Crippen molar-refractivity contribution in [3.05, 3.63) is 17.7 Å². The SMILES string of the molecule is COc1cc(C)c(S(=O)(=O)N2CCCC(N)C2)cc1OC. The van der Waals surface area contributed by atoms with Gasteiger partial charge in [0, 0.05) is 25.2 Å². The Morgan fingerprint density at radius 3 is 2.43 bits per heavy atom. The number of hydrogen-bond donors (Lipinski definition) is 1. The van der Waals surface area contributed by atoms with Gasteiger partial charge in [-0.2, -0.15) is 4.31 Å². The molecule has 0 aromatic heterocycles. The molecule has 1 aliphatic heterocycles. The number of hydrogen-bond acceptors (Lipinski definition) is 5. The fourth-order valence-electron chi connectivity index (χ4n) is 2.57. The minimum atomic E-state index is -3.57. The van der Waals surface area contributed by atoms with Crippen LogP contribution in [0.3, 0.4) is 0 Å². The molecule has 1 atom stereocenters. The van der Waals surface area contributed by atoms with Crippen molar-refractivity contribution in [2.45, 2.75) is 30.7 Å². The van der Waals surface area contributed by atoms with Gasteiger partial charge in [-0.05, 0) is 31.4 Å². The highest BCUT2D eigenvalue weighted by atomic mass is 32.2. The van der Waals surface area contributed by atoms with E-state index >= 15 is 0 Å². The van der Waals surface area contributed by atoms with Crippen LogP contribution in [0.4, 0.5) is 0 Å². The lowest BCUT2D eigenvalue weighted by Crippen LogP contribution is -2.45. The van der Waals surface area contributed by atoms with E-state index in [1.807, 2.05) is 0 Å². The zero-order chi connectivity index (χ0) is 15.6. The molecule has 0 saturated carbocycles. The monoisotopic (exact) mass is 314 g/mol. The molecular formula is C14H22N2O4S. The lowest BCUT2D eigenvalue weighted by molar-refractivity contribution is 0.315. The Labute approximate surface area is 125 Å². The van der Waals surface area contributed by atoms with E-state index in [1.165, 1.54) is 24.6 Å². The maximum Gasteiger partial charge on any atom is 0.243 e. The molecule has 2 N–H and O–H groups in total. The molecule has 0 amide bonds. The summed E-state index contributed by atoms with van der Waals surface area (Å²) in [6.45, 7) is 2.61. The molecule has 21 heavy (non-hydrogen) atoms. The third-order valence-electron chi connectivity index (χ3n) is 3.72. The molecule has 1 aromatic rings. The zero-order valence-electron chi connectivity index (χ0n) is 12.6. The number of methoxy groups -OCH3 is 2. The van der Waals surface area contributed by atoms with Gasteiger partial charge in [0.1, 0.15) is 0 Å². The van der Waals surface area contributed by atoms with Crippen molar-refractivity contribution >= 4 is 10.0 Å². The van der Waals surface area contributed by atoms with E-state index in [-0.39, 0.29) is 10.9 Å². The van der Waals surface area contributed by atoms with Gasteiger partial charge >= 0.3 is 0 Å². The highest BCUT2D eigenvalue weighted by Crippen LogP contribution is 2.34. The van der Waals surface area contributed by atoms with Gasteiger partial charge in [0.15, 0.2) is 11.5 Å². The number of rotatable bonds is 4. The van der Waals surface area contributed by atoms with Gasteiger partial charge in [0.25, 0.3) is 0 Å². The van der Waals surface area contributed by atoms with E-state index in [0.29, 0.717) is 30.2 Å². The van der Waals surface area contributed by atoms with Crippen LogP contribution < -0.4 is 15.2 Å². The van der Waals surface area contributed by atoms with Gasteiger partial charge in [-0.15, -0.1) is 0 Å². The smallest absolute Gasteiger partial charge is 0.243 e. The third-order valence-corrected chi connectivity index (χ3v) is 5.73. The average Bonchev–Trinajstić information content (AvgIpc) is 2.46. The normalized spacial score (nSPS) is 20.3. The summed E-state index contributed by atoms with van der Waals surface area (Å²) in [6, 6.07) is 3.09. The predicted molar refractivity (Wildman–Crippen MR) is 80.3 cm³/mol. The second-order valence-electron chi connectivity index (χ2n) is 5.24. The van der Waals surface area contributed by atoms with Gasteiger partial charge in [-0.25, -0.2) is 8.42 Å². The molecule has 1 heterocycles. The van der Waals surface area contributed by atoms with E-state index < -0.39 is 10.0 Å². The quantitative estimate of drug-likeness (QED) is 0.901. The van der Waals surface area contributed by atoms with Gasteiger partial charge in [-0.1, -0.05) is 0 Å². The first kappa shape index (κ1) is 16.1. The standard InChI is InChI=1S/C14H22N2O4S/c1-10-7-12(19-2)13(20-3)8-14(10)21(17,18)16-6-4-5-11(15)9-16/h7-8,11H,4-6,9,15H2,1-3H3. The van der Waals surface area contributed by atoms with E-state index in [2.05, 4.69) is 0 Å². The van der Waals surface area contributed by atoms with Crippen LogP contribution in [-0.4, -0.2) is 46.1 Å². The molecule has 0 aliphatic carbocycles. The topological polar surface area (TPSA) is 81.9 Å². The summed E-state index contributed by atoms with van der Waals surface area (Å²) in [7, 11) is -0.556. The summed E-state index contributed by atoms with van der Waals surface area (Å²) >= 11 is 0. The molecule has 1 aromatic carbocycles. The maximum atomic E-state index is 12.8. The Kier molecular flexibility index (Phi) is 4.75. The van der Waals surface area contributed by atoms with Gasteiger partial charge < -0.3 is 15.2 Å². The summed E-state index contributed by atoms with van der Waals surface area (Å²) in [5.74, 6) is 0.923. The highest BCUT2D eigenvalue weighted by molar-refractivity contribution is 7.89. The van der Waals surface area contributed by atoms with Gasteiger partial charge in [0.2, 0.25) is 10.0 Å². The number of piperidine rings is 1. The Hall–Kier alpha value is -1.31. The van der Waals surface area contributed by atoms with Crippen molar-refractivity contribution in [1.29, 1.82) is 0 Å². The lowest BCUT2D eigenvalue weighted by atomic mass is 10.1. The number of sulfonamides is 1. The van der Waals surface area contributed by atoms with Crippen LogP contribution in [0.15, 0.2) is 17.0 Å². The molecule has 0 radical (unpaired) electrons. The molecule has 0 bridgehead atoms. The fraction of sp³-hybridized carbons (Fsp3) is 0.571. The van der Waals surface area contributed by atoms with E-state index in [4.69, 9.17) is 15.2 Å². The van der Waals surface area contributed by atoms with Crippen LogP contribution in [0.5, 0.6) is 11.5 Å². The maximum absolute atomic E-state index is 12.8. The number of ether oxygens (including phenoxy) is 2. The highest BCUT2D eigenvalue weighted by Gasteiger charge is 2.31. The first-order chi connectivity index (χ1) is 9.90. The Bertz CT molecular complexity index is 616. The van der Waals surface area contributed by atoms with Crippen molar-refractivity contribution in [3.8, 4) is 11.5 Å². The van der Waals surface area contributed by atoms with Crippen LogP contribution in [0, 0.1) is 6.92 Å². The average molecular weight is 314 g/mol. The minimum Gasteiger partial charge on any atom is -0.493 e. The first-order valence-electron chi connectivity index (χ1n) is 6.88. The summed E-state index contributed by atoms with van der Waals surface area (Å²) in [5.41, 5.74) is 6.52. The van der Waals surface area contributed by atoms with Gasteiger partial charge in [0.05, 0.1) is 19.1 Å². The molecule has 1 saturated heterocycles. The van der Waals surface area contributed by atoms with E-state index in [1.54, 1.807) is 13.0 Å². The van der Waals surface area contributed by atoms with E-state index in [0.717, 1.165) is 12.8 Å². The Morgan fingerprint density at radius 2 is 1.86 bits per heavy atom. The van der Waals surface area contributed by atoms with Crippen molar-refractivity contribution in [1.82, 2.24) is 4.31 Å². The number of aryl methyl sites for hydroxylation is 1. The van der Waals surface area contributed by atoms with Gasteiger partial charge in [-0.3, -0.25) is 0 Å². The summed E-state index contributed by atoms with van der Waals surface area (Å²) in [5, 5.41) is 0. The molecule has 118 valence electrons. The third kappa shape index (κ3) is 3.14. The lowest BCUT2D eigenvalue weighted by Gasteiger charge is -2.30. The number of nitrogens with two attached hydrogens (primary N) is 1. The Morgan fingerprint density at radius 1 is 1.24 bits per heavy atom. The van der Waals surface area contributed by atoms with Crippen molar-refractivity contribution in [2.24, 2.45) is 5.73 Å². The van der Waals surface area contributed by atoms with E-state index in [9.17, 15) is 8.42 Å². The molecule has 1 aliphatic rings. The summed E-state index contributed by atoms with van der Waals surface area (Å²) in [6.07, 6.45) is 1.64. The molecule has 1 unspecified atom stereocenters. The first-order valence-corrected chi connectivity index (χ1v) is 8.32. The van der Waals surface area contributed by atoms with Crippen LogP contribution in [0.1, 0.15) is 18.4 Å². The second-order valence-corrected chi connectivity index (χ2v) is 7.14. The molecule has 7 heteroatoms. The molecule has 0 spiro atoms. The fourth-order valence-corrected chi connectivity index (χ4v) is 4.33. The summed E-state index contributed by atoms with van der Waals surface area (Å²) in [4.78, 5) is 0.245. The van der Waals surface area contributed by atoms with Crippen LogP contribution in [0.25, 0.3) is 0 Å². The van der Waals surface area contributed by atoms with Crippen LogP contribution in [0.2, 0.25) is 0 Å². The minimum absolute atomic E-state index is 0.103. The summed E-state index contributed by atoms with van der Waals surface area (Å²) < 4.78 is 37.4. The van der Waals surface area contributed by atoms with Crippen LogP contribution >= 0.6 is 0 Å². The number of nitrogens with zero attached hydrogens (tertiary/aromatic N) is 1. The molecule has 1 fully saturated rings. The largest absolute Gasteiger partial charge is 0.493 e. The molecular weight excluding hydrogens is 292 g/mol.